The molecule has 0 saturated carbocycles. The number of aryl methyl sites for hydroxylation is 1. The van der Waals surface area contributed by atoms with Crippen LogP contribution in [-0.4, -0.2) is 22.6 Å². The third-order valence-electron chi connectivity index (χ3n) is 4.06. The van der Waals surface area contributed by atoms with Crippen LogP contribution in [0.15, 0.2) is 54.6 Å². The molecule has 0 spiro atoms. The Morgan fingerprint density at radius 3 is 2.18 bits per heavy atom. The van der Waals surface area contributed by atoms with Crippen molar-refractivity contribution in [2.45, 2.75) is 45.7 Å². The zero-order valence-corrected chi connectivity index (χ0v) is 13.7. The molecule has 118 valence electrons. The van der Waals surface area contributed by atoms with Gasteiger partial charge in [0.05, 0.1) is 0 Å². The van der Waals surface area contributed by atoms with Crippen LogP contribution in [0.3, 0.4) is 0 Å². The summed E-state index contributed by atoms with van der Waals surface area (Å²) in [6, 6.07) is 18.8. The molecule has 2 rings (SSSR count). The van der Waals surface area contributed by atoms with E-state index in [4.69, 9.17) is 0 Å². The molecule has 0 fully saturated rings. The number of benzene rings is 2. The number of rotatable bonds is 8. The SMILES string of the molecule is CC(C)N(CCCCc1ccc(O)cc1)Cc1ccccc1. The number of aromatic hydroxyl groups is 1. The van der Waals surface area contributed by atoms with Gasteiger partial charge in [0.1, 0.15) is 5.75 Å². The molecule has 0 aliphatic carbocycles. The van der Waals surface area contributed by atoms with Crippen molar-refractivity contribution in [3.8, 4) is 5.75 Å². The van der Waals surface area contributed by atoms with E-state index < -0.39 is 0 Å². The molecule has 0 radical (unpaired) electrons. The molecule has 0 heterocycles. The first kappa shape index (κ1) is 16.6. The van der Waals surface area contributed by atoms with Crippen molar-refractivity contribution >= 4 is 0 Å². The predicted molar refractivity (Wildman–Crippen MR) is 93.0 cm³/mol. The average Bonchev–Trinajstić information content (AvgIpc) is 2.53. The van der Waals surface area contributed by atoms with Gasteiger partial charge in [0.15, 0.2) is 0 Å². The molecule has 0 aliphatic heterocycles. The predicted octanol–water partition coefficient (Wildman–Crippen LogP) is 4.63. The van der Waals surface area contributed by atoms with Crippen molar-refractivity contribution in [2.24, 2.45) is 0 Å². The highest BCUT2D eigenvalue weighted by Gasteiger charge is 2.09. The summed E-state index contributed by atoms with van der Waals surface area (Å²) in [5.41, 5.74) is 2.69. The Morgan fingerprint density at radius 2 is 1.55 bits per heavy atom. The number of unbranched alkanes of at least 4 members (excludes halogenated alkanes) is 1. The summed E-state index contributed by atoms with van der Waals surface area (Å²) in [6.45, 7) is 6.69. The van der Waals surface area contributed by atoms with Crippen LogP contribution in [-0.2, 0) is 13.0 Å². The summed E-state index contributed by atoms with van der Waals surface area (Å²) < 4.78 is 0. The van der Waals surface area contributed by atoms with Gasteiger partial charge in [-0.3, -0.25) is 4.90 Å². The quantitative estimate of drug-likeness (QED) is 0.718. The highest BCUT2D eigenvalue weighted by Crippen LogP contribution is 2.13. The molecule has 1 N–H and O–H groups in total. The Labute approximate surface area is 134 Å². The van der Waals surface area contributed by atoms with Gasteiger partial charge in [-0.2, -0.15) is 0 Å². The van der Waals surface area contributed by atoms with Crippen LogP contribution in [0.4, 0.5) is 0 Å². The largest absolute Gasteiger partial charge is 0.508 e. The van der Waals surface area contributed by atoms with Crippen LogP contribution in [0, 0.1) is 0 Å². The summed E-state index contributed by atoms with van der Waals surface area (Å²) in [4.78, 5) is 2.53. The zero-order valence-electron chi connectivity index (χ0n) is 13.7. The van der Waals surface area contributed by atoms with Gasteiger partial charge in [-0.25, -0.2) is 0 Å². The molecular weight excluding hydrogens is 270 g/mol. The van der Waals surface area contributed by atoms with Crippen LogP contribution in [0.2, 0.25) is 0 Å². The number of phenols is 1. The monoisotopic (exact) mass is 297 g/mol. The number of nitrogens with zero attached hydrogens (tertiary/aromatic N) is 1. The summed E-state index contributed by atoms with van der Waals surface area (Å²) in [5, 5.41) is 9.30. The minimum absolute atomic E-state index is 0.345. The Kier molecular flexibility index (Phi) is 6.47. The standard InChI is InChI=1S/C20H27NO/c1-17(2)21(16-19-9-4-3-5-10-19)15-7-6-8-18-11-13-20(22)14-12-18/h3-5,9-14,17,22H,6-8,15-16H2,1-2H3. The third-order valence-corrected chi connectivity index (χ3v) is 4.06. The van der Waals surface area contributed by atoms with E-state index in [0.29, 0.717) is 11.8 Å². The molecule has 2 nitrogen and oxygen atoms in total. The fourth-order valence-corrected chi connectivity index (χ4v) is 2.64. The van der Waals surface area contributed by atoms with E-state index in [2.05, 4.69) is 49.1 Å². The van der Waals surface area contributed by atoms with E-state index in [1.807, 2.05) is 12.1 Å². The molecule has 0 bridgehead atoms. The van der Waals surface area contributed by atoms with Crippen LogP contribution < -0.4 is 0 Å². The lowest BCUT2D eigenvalue weighted by atomic mass is 10.1. The Balaban J connectivity index is 1.76. The van der Waals surface area contributed by atoms with E-state index >= 15 is 0 Å². The van der Waals surface area contributed by atoms with Crippen molar-refractivity contribution in [3.63, 3.8) is 0 Å². The van der Waals surface area contributed by atoms with Gasteiger partial charge in [0, 0.05) is 12.6 Å². The number of hydrogen-bond acceptors (Lipinski definition) is 2. The van der Waals surface area contributed by atoms with Crippen molar-refractivity contribution in [3.05, 3.63) is 65.7 Å². The topological polar surface area (TPSA) is 23.5 Å². The second kappa shape index (κ2) is 8.60. The molecule has 0 atom stereocenters. The van der Waals surface area contributed by atoms with Crippen LogP contribution in [0.1, 0.15) is 37.8 Å². The summed E-state index contributed by atoms with van der Waals surface area (Å²) in [7, 11) is 0. The Morgan fingerprint density at radius 1 is 0.864 bits per heavy atom. The van der Waals surface area contributed by atoms with Gasteiger partial charge >= 0.3 is 0 Å². The molecule has 0 amide bonds. The first-order chi connectivity index (χ1) is 10.6. The smallest absolute Gasteiger partial charge is 0.115 e. The normalized spacial score (nSPS) is 11.3. The Bertz CT molecular complexity index is 533. The first-order valence-electron chi connectivity index (χ1n) is 8.21. The minimum Gasteiger partial charge on any atom is -0.508 e. The van der Waals surface area contributed by atoms with E-state index in [-0.39, 0.29) is 0 Å². The Hall–Kier alpha value is -1.80. The van der Waals surface area contributed by atoms with Crippen LogP contribution >= 0.6 is 0 Å². The number of hydrogen-bond donors (Lipinski definition) is 1. The maximum atomic E-state index is 9.30. The summed E-state index contributed by atoms with van der Waals surface area (Å²) in [6.07, 6.45) is 3.46. The van der Waals surface area contributed by atoms with E-state index in [9.17, 15) is 5.11 Å². The molecule has 0 aromatic heterocycles. The highest BCUT2D eigenvalue weighted by molar-refractivity contribution is 5.25. The van der Waals surface area contributed by atoms with E-state index in [1.54, 1.807) is 12.1 Å². The molecule has 2 heteroatoms. The van der Waals surface area contributed by atoms with Crippen molar-refractivity contribution in [1.29, 1.82) is 0 Å². The maximum Gasteiger partial charge on any atom is 0.115 e. The molecular formula is C20H27NO. The second-order valence-electron chi connectivity index (χ2n) is 6.17. The third kappa shape index (κ3) is 5.53. The lowest BCUT2D eigenvalue weighted by Gasteiger charge is -2.26. The molecule has 0 saturated heterocycles. The minimum atomic E-state index is 0.345. The lowest BCUT2D eigenvalue weighted by molar-refractivity contribution is 0.208. The van der Waals surface area contributed by atoms with E-state index in [1.165, 1.54) is 24.0 Å². The molecule has 22 heavy (non-hydrogen) atoms. The fourth-order valence-electron chi connectivity index (χ4n) is 2.64. The average molecular weight is 297 g/mol. The maximum absolute atomic E-state index is 9.30. The van der Waals surface area contributed by atoms with Crippen molar-refractivity contribution in [1.82, 2.24) is 4.90 Å². The van der Waals surface area contributed by atoms with Crippen LogP contribution in [0.5, 0.6) is 5.75 Å². The van der Waals surface area contributed by atoms with Gasteiger partial charge < -0.3 is 5.11 Å². The van der Waals surface area contributed by atoms with Gasteiger partial charge in [0.25, 0.3) is 0 Å². The van der Waals surface area contributed by atoms with Gasteiger partial charge in [-0.1, -0.05) is 42.5 Å². The molecule has 0 unspecified atom stereocenters. The zero-order chi connectivity index (χ0) is 15.8. The van der Waals surface area contributed by atoms with Crippen molar-refractivity contribution in [2.75, 3.05) is 6.54 Å². The fraction of sp³-hybridized carbons (Fsp3) is 0.400. The second-order valence-corrected chi connectivity index (χ2v) is 6.17. The lowest BCUT2D eigenvalue weighted by Crippen LogP contribution is -2.31. The highest BCUT2D eigenvalue weighted by atomic mass is 16.3. The first-order valence-corrected chi connectivity index (χ1v) is 8.21. The molecule has 2 aromatic carbocycles. The van der Waals surface area contributed by atoms with E-state index in [0.717, 1.165) is 19.5 Å². The molecule has 0 aliphatic rings. The van der Waals surface area contributed by atoms with Crippen molar-refractivity contribution < 1.29 is 5.11 Å². The van der Waals surface area contributed by atoms with Gasteiger partial charge in [0.2, 0.25) is 0 Å². The van der Waals surface area contributed by atoms with Gasteiger partial charge in [-0.15, -0.1) is 0 Å². The molecule has 2 aromatic rings. The van der Waals surface area contributed by atoms with Gasteiger partial charge in [-0.05, 0) is 62.9 Å². The number of phenolic OH excluding ortho intramolecular Hbond substituents is 1. The van der Waals surface area contributed by atoms with Crippen LogP contribution in [0.25, 0.3) is 0 Å². The summed E-state index contributed by atoms with van der Waals surface area (Å²) in [5.74, 6) is 0.345. The summed E-state index contributed by atoms with van der Waals surface area (Å²) >= 11 is 0.